The normalized spacial score (nSPS) is 11.7. The average molecular weight is 890 g/mol. The van der Waals surface area contributed by atoms with Gasteiger partial charge in [0.1, 0.15) is 0 Å². The molecule has 0 aliphatic heterocycles. The molecule has 0 aromatic rings. The van der Waals surface area contributed by atoms with Crippen LogP contribution in [0.5, 0.6) is 0 Å². The van der Waals surface area contributed by atoms with E-state index in [1.807, 2.05) is 0 Å². The van der Waals surface area contributed by atoms with Crippen molar-refractivity contribution in [3.05, 3.63) is 0 Å². The highest BCUT2D eigenvalue weighted by atomic mass is 35.5. The van der Waals surface area contributed by atoms with Gasteiger partial charge in [0, 0.05) is 19.1 Å². The maximum atomic E-state index is 5.69. The summed E-state index contributed by atoms with van der Waals surface area (Å²) in [6, 6.07) is 0. The standard InChI is InChI=1S/C46H93ClO13/c1-2-3-4-5-6-7-8-9-10-11-12-13-15-18-21-48-23-25-50-27-29-52-31-33-54-35-37-56-39-41-58-43-45-60-46-44-59-42-40-57-38-36-55-34-32-53-30-28-51-26-24-49-22-19-16-14-17-20-47/h2-46H2,1H3. The van der Waals surface area contributed by atoms with E-state index < -0.39 is 0 Å². The maximum absolute atomic E-state index is 5.69. The molecular weight excluding hydrogens is 796 g/mol. The zero-order valence-corrected chi connectivity index (χ0v) is 39.3. The Labute approximate surface area is 372 Å². The van der Waals surface area contributed by atoms with Gasteiger partial charge in [-0.15, -0.1) is 11.6 Å². The summed E-state index contributed by atoms with van der Waals surface area (Å²) in [5, 5.41) is 0. The maximum Gasteiger partial charge on any atom is 0.0701 e. The molecule has 0 amide bonds. The van der Waals surface area contributed by atoms with Crippen LogP contribution in [0.1, 0.15) is 122 Å². The van der Waals surface area contributed by atoms with Crippen LogP contribution in [-0.4, -0.2) is 178 Å². The molecule has 0 radical (unpaired) electrons. The first kappa shape index (κ1) is 59.8. The molecule has 14 heteroatoms. The molecule has 0 N–H and O–H groups in total. The average Bonchev–Trinajstić information content (AvgIpc) is 3.26. The first-order valence-electron chi connectivity index (χ1n) is 24.0. The molecule has 0 aliphatic rings. The fourth-order valence-corrected chi connectivity index (χ4v) is 5.98. The van der Waals surface area contributed by atoms with Crippen molar-refractivity contribution in [1.82, 2.24) is 0 Å². The summed E-state index contributed by atoms with van der Waals surface area (Å²) in [7, 11) is 0. The van der Waals surface area contributed by atoms with Crippen LogP contribution in [-0.2, 0) is 61.6 Å². The first-order valence-corrected chi connectivity index (χ1v) is 24.5. The molecule has 0 rings (SSSR count). The molecule has 0 aromatic carbocycles. The minimum atomic E-state index is 0.514. The van der Waals surface area contributed by atoms with Crippen molar-refractivity contribution in [1.29, 1.82) is 0 Å². The van der Waals surface area contributed by atoms with Gasteiger partial charge in [0.05, 0.1) is 159 Å². The Bertz CT molecular complexity index is 674. The van der Waals surface area contributed by atoms with Gasteiger partial charge in [-0.3, -0.25) is 0 Å². The van der Waals surface area contributed by atoms with Crippen molar-refractivity contribution in [3.8, 4) is 0 Å². The predicted molar refractivity (Wildman–Crippen MR) is 240 cm³/mol. The second-order valence-electron chi connectivity index (χ2n) is 14.7. The SMILES string of the molecule is CCCCCCCCCCCCCCCCOCCOCCOCCOCCOCCOCCOCCOCCOCCOCCOCCOCCOCCCCCCCl. The highest BCUT2D eigenvalue weighted by molar-refractivity contribution is 6.17. The minimum absolute atomic E-state index is 0.514. The smallest absolute Gasteiger partial charge is 0.0701 e. The largest absolute Gasteiger partial charge is 0.379 e. The second kappa shape index (κ2) is 58.8. The number of hydrogen-bond acceptors (Lipinski definition) is 13. The van der Waals surface area contributed by atoms with E-state index in [9.17, 15) is 0 Å². The third-order valence-electron chi connectivity index (χ3n) is 9.28. The number of rotatable bonds is 57. The van der Waals surface area contributed by atoms with Crippen LogP contribution in [0, 0.1) is 0 Å². The van der Waals surface area contributed by atoms with Gasteiger partial charge in [0.15, 0.2) is 0 Å². The highest BCUT2D eigenvalue weighted by Gasteiger charge is 1.99. The van der Waals surface area contributed by atoms with Gasteiger partial charge < -0.3 is 61.6 Å². The zero-order valence-electron chi connectivity index (χ0n) is 38.5. The Hall–Kier alpha value is -0.230. The molecule has 0 aromatic heterocycles. The summed E-state index contributed by atoms with van der Waals surface area (Å²) in [4.78, 5) is 0. The topological polar surface area (TPSA) is 120 Å². The lowest BCUT2D eigenvalue weighted by atomic mass is 10.0. The number of ether oxygens (including phenoxy) is 13. The van der Waals surface area contributed by atoms with Gasteiger partial charge in [0.2, 0.25) is 0 Å². The Morgan fingerprint density at radius 1 is 0.183 bits per heavy atom. The monoisotopic (exact) mass is 889 g/mol. The molecule has 0 unspecified atom stereocenters. The Kier molecular flexibility index (Phi) is 58.5. The van der Waals surface area contributed by atoms with Gasteiger partial charge >= 0.3 is 0 Å². The number of hydrogen-bond donors (Lipinski definition) is 0. The summed E-state index contributed by atoms with van der Waals surface area (Å²) < 4.78 is 72.0. The molecule has 0 spiro atoms. The predicted octanol–water partition coefficient (Wildman–Crippen LogP) is 8.48. The Morgan fingerprint density at radius 2 is 0.333 bits per heavy atom. The fraction of sp³-hybridized carbons (Fsp3) is 1.00. The van der Waals surface area contributed by atoms with E-state index in [2.05, 4.69) is 6.92 Å². The van der Waals surface area contributed by atoms with E-state index in [-0.39, 0.29) is 0 Å². The highest BCUT2D eigenvalue weighted by Crippen LogP contribution is 2.13. The van der Waals surface area contributed by atoms with Crippen LogP contribution in [0.15, 0.2) is 0 Å². The van der Waals surface area contributed by atoms with Crippen molar-refractivity contribution >= 4 is 11.6 Å². The van der Waals surface area contributed by atoms with Crippen LogP contribution in [0.2, 0.25) is 0 Å². The quantitative estimate of drug-likeness (QED) is 0.0430. The third-order valence-corrected chi connectivity index (χ3v) is 9.55. The van der Waals surface area contributed by atoms with Gasteiger partial charge in [-0.2, -0.15) is 0 Å². The molecular formula is C46H93ClO13. The van der Waals surface area contributed by atoms with E-state index in [1.54, 1.807) is 0 Å². The Morgan fingerprint density at radius 3 is 0.517 bits per heavy atom. The van der Waals surface area contributed by atoms with Crippen molar-refractivity contribution < 1.29 is 61.6 Å². The number of unbranched alkanes of at least 4 members (excludes halogenated alkanes) is 16. The molecule has 0 saturated heterocycles. The lowest BCUT2D eigenvalue weighted by Gasteiger charge is -2.09. The molecule has 0 atom stereocenters. The zero-order chi connectivity index (χ0) is 43.0. The molecule has 0 aliphatic carbocycles. The van der Waals surface area contributed by atoms with Crippen LogP contribution < -0.4 is 0 Å². The van der Waals surface area contributed by atoms with Gasteiger partial charge in [-0.05, 0) is 19.3 Å². The summed E-state index contributed by atoms with van der Waals surface area (Å²) in [6.07, 6.45) is 23.7. The van der Waals surface area contributed by atoms with E-state index in [4.69, 9.17) is 73.2 Å². The van der Waals surface area contributed by atoms with Crippen LogP contribution in [0.4, 0.5) is 0 Å². The van der Waals surface area contributed by atoms with Crippen molar-refractivity contribution in [2.75, 3.05) is 178 Å². The number of alkyl halides is 1. The molecule has 0 bridgehead atoms. The molecule has 0 saturated carbocycles. The summed E-state index contributed by atoms with van der Waals surface area (Å²) >= 11 is 5.67. The van der Waals surface area contributed by atoms with E-state index in [0.717, 1.165) is 38.4 Å². The van der Waals surface area contributed by atoms with Gasteiger partial charge in [-0.25, -0.2) is 0 Å². The van der Waals surface area contributed by atoms with E-state index in [1.165, 1.54) is 96.3 Å². The molecule has 362 valence electrons. The van der Waals surface area contributed by atoms with Crippen molar-refractivity contribution in [2.45, 2.75) is 122 Å². The summed E-state index contributed by atoms with van der Waals surface area (Å²) in [5.74, 6) is 0.744. The van der Waals surface area contributed by atoms with Crippen LogP contribution in [0.3, 0.4) is 0 Å². The number of halogens is 1. The van der Waals surface area contributed by atoms with Gasteiger partial charge in [0.25, 0.3) is 0 Å². The lowest BCUT2D eigenvalue weighted by molar-refractivity contribution is -0.0290. The minimum Gasteiger partial charge on any atom is -0.379 e. The third kappa shape index (κ3) is 57.8. The fourth-order valence-electron chi connectivity index (χ4n) is 5.79. The second-order valence-corrected chi connectivity index (χ2v) is 15.0. The molecule has 60 heavy (non-hydrogen) atoms. The summed E-state index contributed by atoms with van der Waals surface area (Å²) in [5.41, 5.74) is 0. The van der Waals surface area contributed by atoms with E-state index in [0.29, 0.717) is 159 Å². The van der Waals surface area contributed by atoms with Crippen molar-refractivity contribution in [3.63, 3.8) is 0 Å². The summed E-state index contributed by atoms with van der Waals surface area (Å²) in [6.45, 7) is 17.0. The molecule has 0 heterocycles. The van der Waals surface area contributed by atoms with Crippen LogP contribution in [0.25, 0.3) is 0 Å². The first-order chi connectivity index (χ1) is 29.9. The lowest BCUT2D eigenvalue weighted by Crippen LogP contribution is -2.15. The van der Waals surface area contributed by atoms with Gasteiger partial charge in [-0.1, -0.05) is 103 Å². The molecule has 13 nitrogen and oxygen atoms in total. The van der Waals surface area contributed by atoms with Crippen molar-refractivity contribution in [2.24, 2.45) is 0 Å². The van der Waals surface area contributed by atoms with Crippen LogP contribution >= 0.6 is 11.6 Å². The molecule has 0 fully saturated rings. The Balaban J connectivity index is 3.06. The van der Waals surface area contributed by atoms with E-state index >= 15 is 0 Å².